The van der Waals surface area contributed by atoms with Gasteiger partial charge in [-0.3, -0.25) is 4.79 Å². The number of para-hydroxylation sites is 1. The topological polar surface area (TPSA) is 58.4 Å². The van der Waals surface area contributed by atoms with Crippen molar-refractivity contribution < 1.29 is 4.79 Å². The van der Waals surface area contributed by atoms with Crippen LogP contribution < -0.4 is 16.0 Å². The Morgan fingerprint density at radius 2 is 2.16 bits per heavy atom. The summed E-state index contributed by atoms with van der Waals surface area (Å²) < 4.78 is 0. The number of benzene rings is 1. The molecule has 0 aromatic heterocycles. The van der Waals surface area contributed by atoms with E-state index < -0.39 is 0 Å². The Morgan fingerprint density at radius 1 is 1.42 bits per heavy atom. The Hall–Kier alpha value is -1.55. The van der Waals surface area contributed by atoms with Crippen molar-refractivity contribution in [2.24, 2.45) is 11.7 Å². The Labute approximate surface area is 115 Å². The van der Waals surface area contributed by atoms with Crippen LogP contribution in [0.5, 0.6) is 0 Å². The molecule has 4 nitrogen and oxygen atoms in total. The van der Waals surface area contributed by atoms with Crippen molar-refractivity contribution in [1.29, 1.82) is 0 Å². The zero-order valence-corrected chi connectivity index (χ0v) is 11.7. The van der Waals surface area contributed by atoms with E-state index in [4.69, 9.17) is 5.73 Å². The van der Waals surface area contributed by atoms with Crippen LogP contribution in [0.3, 0.4) is 0 Å². The Bertz CT molecular complexity index is 447. The predicted octanol–water partition coefficient (Wildman–Crippen LogP) is 1.15. The van der Waals surface area contributed by atoms with Gasteiger partial charge in [0.1, 0.15) is 6.04 Å². The molecule has 0 bridgehead atoms. The highest BCUT2D eigenvalue weighted by molar-refractivity contribution is 5.86. The molecule has 2 rings (SSSR count). The van der Waals surface area contributed by atoms with Crippen LogP contribution in [0.2, 0.25) is 0 Å². The second kappa shape index (κ2) is 6.06. The quantitative estimate of drug-likeness (QED) is 0.858. The highest BCUT2D eigenvalue weighted by Gasteiger charge is 2.30. The smallest absolute Gasteiger partial charge is 0.244 e. The van der Waals surface area contributed by atoms with E-state index in [0.29, 0.717) is 12.5 Å². The van der Waals surface area contributed by atoms with Gasteiger partial charge in [-0.15, -0.1) is 0 Å². The number of nitrogens with one attached hydrogen (secondary N) is 1. The lowest BCUT2D eigenvalue weighted by atomic mass is 10.1. The third kappa shape index (κ3) is 2.89. The first kappa shape index (κ1) is 13.9. The third-order valence-electron chi connectivity index (χ3n) is 3.72. The van der Waals surface area contributed by atoms with Crippen LogP contribution in [0, 0.1) is 5.92 Å². The van der Waals surface area contributed by atoms with E-state index in [1.807, 2.05) is 12.1 Å². The van der Waals surface area contributed by atoms with Gasteiger partial charge in [-0.05, 0) is 24.0 Å². The Kier molecular flexibility index (Phi) is 4.43. The fourth-order valence-electron chi connectivity index (χ4n) is 2.65. The molecule has 0 spiro atoms. The van der Waals surface area contributed by atoms with Gasteiger partial charge >= 0.3 is 0 Å². The van der Waals surface area contributed by atoms with Gasteiger partial charge in [-0.25, -0.2) is 0 Å². The highest BCUT2D eigenvalue weighted by atomic mass is 16.2. The van der Waals surface area contributed by atoms with Gasteiger partial charge in [0.05, 0.1) is 0 Å². The molecule has 104 valence electrons. The van der Waals surface area contributed by atoms with Crippen LogP contribution in [0.4, 0.5) is 5.69 Å². The third-order valence-corrected chi connectivity index (χ3v) is 3.72. The minimum absolute atomic E-state index is 0.0396. The van der Waals surface area contributed by atoms with Crippen molar-refractivity contribution in [3.05, 3.63) is 29.8 Å². The molecule has 19 heavy (non-hydrogen) atoms. The second-order valence-corrected chi connectivity index (χ2v) is 5.24. The van der Waals surface area contributed by atoms with Crippen LogP contribution in [-0.4, -0.2) is 31.6 Å². The zero-order chi connectivity index (χ0) is 13.8. The maximum atomic E-state index is 12.1. The van der Waals surface area contributed by atoms with Gasteiger partial charge in [0.15, 0.2) is 0 Å². The molecule has 0 radical (unpaired) electrons. The number of aryl methyl sites for hydroxylation is 1. The average molecular weight is 261 g/mol. The molecule has 1 fully saturated rings. The number of hydrogen-bond donors (Lipinski definition) is 2. The number of carbonyl (C=O) groups is 1. The van der Waals surface area contributed by atoms with Gasteiger partial charge in [0.2, 0.25) is 5.91 Å². The van der Waals surface area contributed by atoms with Crippen LogP contribution in [0.15, 0.2) is 24.3 Å². The standard InChI is InChI=1S/C15H23N3O/c1-3-12-6-4-5-7-13(12)18-10-11(2)9-17-15(19)14(18)8-16/h4-7,11,14H,3,8-10,16H2,1-2H3,(H,17,19). The van der Waals surface area contributed by atoms with Gasteiger partial charge < -0.3 is 16.0 Å². The number of carbonyl (C=O) groups excluding carboxylic acids is 1. The molecule has 1 aromatic rings. The fraction of sp³-hybridized carbons (Fsp3) is 0.533. The van der Waals surface area contributed by atoms with E-state index in [2.05, 4.69) is 36.2 Å². The summed E-state index contributed by atoms with van der Waals surface area (Å²) in [5.41, 5.74) is 8.23. The number of rotatable bonds is 3. The molecule has 2 unspecified atom stereocenters. The lowest BCUT2D eigenvalue weighted by molar-refractivity contribution is -0.121. The van der Waals surface area contributed by atoms with Crippen molar-refractivity contribution in [2.45, 2.75) is 26.3 Å². The summed E-state index contributed by atoms with van der Waals surface area (Å²) in [7, 11) is 0. The van der Waals surface area contributed by atoms with Crippen molar-refractivity contribution in [2.75, 3.05) is 24.5 Å². The maximum Gasteiger partial charge on any atom is 0.244 e. The molecule has 4 heteroatoms. The molecule has 1 aliphatic rings. The van der Waals surface area contributed by atoms with E-state index in [1.54, 1.807) is 0 Å². The summed E-state index contributed by atoms with van der Waals surface area (Å²) in [6.07, 6.45) is 0.958. The molecule has 2 atom stereocenters. The summed E-state index contributed by atoms with van der Waals surface area (Å²) in [6, 6.07) is 8.01. The van der Waals surface area contributed by atoms with Gasteiger partial charge in [-0.2, -0.15) is 0 Å². The summed E-state index contributed by atoms with van der Waals surface area (Å²) in [4.78, 5) is 14.3. The largest absolute Gasteiger partial charge is 0.358 e. The van der Waals surface area contributed by atoms with E-state index >= 15 is 0 Å². The molecule has 0 aliphatic carbocycles. The highest BCUT2D eigenvalue weighted by Crippen LogP contribution is 2.25. The van der Waals surface area contributed by atoms with Crippen LogP contribution in [-0.2, 0) is 11.2 Å². The van der Waals surface area contributed by atoms with E-state index in [9.17, 15) is 4.79 Å². The van der Waals surface area contributed by atoms with Crippen LogP contribution in [0.25, 0.3) is 0 Å². The predicted molar refractivity (Wildman–Crippen MR) is 78.2 cm³/mol. The van der Waals surface area contributed by atoms with Crippen molar-refractivity contribution in [3.8, 4) is 0 Å². The van der Waals surface area contributed by atoms with E-state index in [-0.39, 0.29) is 11.9 Å². The van der Waals surface area contributed by atoms with Crippen molar-refractivity contribution >= 4 is 11.6 Å². The molecule has 1 amide bonds. The minimum Gasteiger partial charge on any atom is -0.358 e. The van der Waals surface area contributed by atoms with E-state index in [1.165, 1.54) is 5.56 Å². The number of anilines is 1. The molecular weight excluding hydrogens is 238 g/mol. The number of amides is 1. The maximum absolute atomic E-state index is 12.1. The van der Waals surface area contributed by atoms with Crippen LogP contribution in [0.1, 0.15) is 19.4 Å². The van der Waals surface area contributed by atoms with Gasteiger partial charge in [0.25, 0.3) is 0 Å². The first-order valence-corrected chi connectivity index (χ1v) is 6.99. The van der Waals surface area contributed by atoms with Gasteiger partial charge in [0, 0.05) is 25.3 Å². The molecule has 3 N–H and O–H groups in total. The SMILES string of the molecule is CCc1ccccc1N1CC(C)CNC(=O)C1CN. The average Bonchev–Trinajstić information content (AvgIpc) is 2.58. The number of nitrogens with zero attached hydrogens (tertiary/aromatic N) is 1. The Balaban J connectivity index is 2.39. The molecule has 1 saturated heterocycles. The Morgan fingerprint density at radius 3 is 2.84 bits per heavy atom. The van der Waals surface area contributed by atoms with Crippen LogP contribution >= 0.6 is 0 Å². The summed E-state index contributed by atoms with van der Waals surface area (Å²) in [6.45, 7) is 6.21. The molecule has 0 saturated carbocycles. The van der Waals surface area contributed by atoms with Crippen molar-refractivity contribution in [1.82, 2.24) is 5.32 Å². The molecule has 1 aromatic carbocycles. The fourth-order valence-corrected chi connectivity index (χ4v) is 2.65. The lowest BCUT2D eigenvalue weighted by Gasteiger charge is -2.32. The molecular formula is C15H23N3O. The number of hydrogen-bond acceptors (Lipinski definition) is 3. The first-order chi connectivity index (χ1) is 9.17. The minimum atomic E-state index is -0.266. The summed E-state index contributed by atoms with van der Waals surface area (Å²) in [5.74, 6) is 0.461. The molecule has 1 aliphatic heterocycles. The monoisotopic (exact) mass is 261 g/mol. The first-order valence-electron chi connectivity index (χ1n) is 6.99. The van der Waals surface area contributed by atoms with Gasteiger partial charge in [-0.1, -0.05) is 32.0 Å². The normalized spacial score (nSPS) is 23.9. The second-order valence-electron chi connectivity index (χ2n) is 5.24. The van der Waals surface area contributed by atoms with E-state index in [0.717, 1.165) is 25.2 Å². The summed E-state index contributed by atoms with van der Waals surface area (Å²) in [5, 5.41) is 2.97. The van der Waals surface area contributed by atoms with Crippen molar-refractivity contribution in [3.63, 3.8) is 0 Å². The lowest BCUT2D eigenvalue weighted by Crippen LogP contribution is -2.49. The molecule has 1 heterocycles. The summed E-state index contributed by atoms with van der Waals surface area (Å²) >= 11 is 0. The zero-order valence-electron chi connectivity index (χ0n) is 11.7. The number of nitrogens with two attached hydrogens (primary N) is 1.